The lowest BCUT2D eigenvalue weighted by Gasteiger charge is -2.19. The molecule has 4 rings (SSSR count). The molecular formula is C21H22N2O4. The standard InChI is InChI=1S/C21H22N2O4/c24-19(27-13-15-10-9-14-5-1-4-8-18(14)22-15)11-12-23-20(25)16-6-2-3-7-17(16)21(23)26/h1,4-5,8-10,16-17H,2-3,6-7,11-13H2/t16-,17-/m0/s1. The van der Waals surface area contributed by atoms with E-state index in [0.29, 0.717) is 5.69 Å². The number of amides is 2. The van der Waals surface area contributed by atoms with Crippen molar-refractivity contribution in [3.8, 4) is 0 Å². The van der Waals surface area contributed by atoms with E-state index in [0.717, 1.165) is 36.6 Å². The second kappa shape index (κ2) is 7.47. The molecule has 0 spiro atoms. The number of fused-ring (bicyclic) bond motifs is 2. The molecule has 1 saturated heterocycles. The molecule has 6 nitrogen and oxygen atoms in total. The number of carbonyl (C=O) groups excluding carboxylic acids is 3. The average Bonchev–Trinajstić information content (AvgIpc) is 2.95. The van der Waals surface area contributed by atoms with Crippen molar-refractivity contribution in [2.45, 2.75) is 38.7 Å². The van der Waals surface area contributed by atoms with Crippen LogP contribution in [0.3, 0.4) is 0 Å². The molecule has 2 atom stereocenters. The lowest BCUT2D eigenvalue weighted by Crippen LogP contribution is -2.33. The third-order valence-corrected chi connectivity index (χ3v) is 5.51. The first-order valence-electron chi connectivity index (χ1n) is 9.49. The fourth-order valence-corrected chi connectivity index (χ4v) is 4.07. The number of hydrogen-bond acceptors (Lipinski definition) is 5. The lowest BCUT2D eigenvalue weighted by molar-refractivity contribution is -0.146. The Bertz CT molecular complexity index is 871. The molecule has 27 heavy (non-hydrogen) atoms. The summed E-state index contributed by atoms with van der Waals surface area (Å²) in [5.41, 5.74) is 1.52. The number of hydrogen-bond donors (Lipinski definition) is 0. The van der Waals surface area contributed by atoms with Gasteiger partial charge < -0.3 is 4.74 Å². The Labute approximate surface area is 157 Å². The minimum absolute atomic E-state index is 0.0184. The summed E-state index contributed by atoms with van der Waals surface area (Å²) in [6.45, 7) is 0.186. The molecule has 1 aromatic carbocycles. The minimum Gasteiger partial charge on any atom is -0.459 e. The van der Waals surface area contributed by atoms with Gasteiger partial charge in [0, 0.05) is 11.9 Å². The minimum atomic E-state index is -0.430. The molecule has 1 aliphatic carbocycles. The third kappa shape index (κ3) is 3.56. The molecular weight excluding hydrogens is 344 g/mol. The van der Waals surface area contributed by atoms with Crippen LogP contribution in [0.4, 0.5) is 0 Å². The number of carbonyl (C=O) groups is 3. The van der Waals surface area contributed by atoms with Crippen LogP contribution in [0.15, 0.2) is 36.4 Å². The van der Waals surface area contributed by atoms with Crippen LogP contribution in [0, 0.1) is 11.8 Å². The van der Waals surface area contributed by atoms with Gasteiger partial charge in [0.15, 0.2) is 0 Å². The van der Waals surface area contributed by atoms with Crippen molar-refractivity contribution in [2.24, 2.45) is 11.8 Å². The Balaban J connectivity index is 1.30. The Kier molecular flexibility index (Phi) is 4.88. The summed E-state index contributed by atoms with van der Waals surface area (Å²) in [5, 5.41) is 1.03. The van der Waals surface area contributed by atoms with Crippen LogP contribution in [-0.2, 0) is 25.7 Å². The van der Waals surface area contributed by atoms with Gasteiger partial charge in [0.25, 0.3) is 0 Å². The highest BCUT2D eigenvalue weighted by atomic mass is 16.5. The Morgan fingerprint density at radius 3 is 2.48 bits per heavy atom. The highest BCUT2D eigenvalue weighted by Crippen LogP contribution is 2.37. The number of aromatic nitrogens is 1. The molecule has 2 heterocycles. The monoisotopic (exact) mass is 366 g/mol. The predicted molar refractivity (Wildman–Crippen MR) is 98.3 cm³/mol. The van der Waals surface area contributed by atoms with Crippen LogP contribution >= 0.6 is 0 Å². The van der Waals surface area contributed by atoms with Crippen molar-refractivity contribution in [2.75, 3.05) is 6.54 Å². The van der Waals surface area contributed by atoms with Crippen molar-refractivity contribution in [3.63, 3.8) is 0 Å². The van der Waals surface area contributed by atoms with E-state index >= 15 is 0 Å². The maximum Gasteiger partial charge on any atom is 0.307 e. The SMILES string of the molecule is O=C(CCN1C(=O)[C@H]2CCCC[C@@H]2C1=O)OCc1ccc2ccccc2n1. The molecule has 0 N–H and O–H groups in total. The maximum atomic E-state index is 12.4. The number of nitrogens with zero attached hydrogens (tertiary/aromatic N) is 2. The normalized spacial score (nSPS) is 22.1. The molecule has 140 valence electrons. The van der Waals surface area contributed by atoms with E-state index in [-0.39, 0.29) is 43.2 Å². The van der Waals surface area contributed by atoms with Crippen LogP contribution in [0.2, 0.25) is 0 Å². The van der Waals surface area contributed by atoms with Crippen molar-refractivity contribution in [1.82, 2.24) is 9.88 Å². The summed E-state index contributed by atoms with van der Waals surface area (Å²) in [5.74, 6) is -1.02. The summed E-state index contributed by atoms with van der Waals surface area (Å²) < 4.78 is 5.28. The number of rotatable bonds is 5. The van der Waals surface area contributed by atoms with Crippen molar-refractivity contribution >= 4 is 28.7 Å². The summed E-state index contributed by atoms with van der Waals surface area (Å²) in [6.07, 6.45) is 3.57. The van der Waals surface area contributed by atoms with E-state index in [1.165, 1.54) is 4.90 Å². The maximum absolute atomic E-state index is 12.4. The largest absolute Gasteiger partial charge is 0.459 e. The van der Waals surface area contributed by atoms with Gasteiger partial charge in [-0.3, -0.25) is 19.3 Å². The molecule has 0 unspecified atom stereocenters. The fourth-order valence-electron chi connectivity index (χ4n) is 4.07. The van der Waals surface area contributed by atoms with Crippen LogP contribution in [0.25, 0.3) is 10.9 Å². The number of likely N-dealkylation sites (tertiary alicyclic amines) is 1. The number of para-hydroxylation sites is 1. The topological polar surface area (TPSA) is 76.6 Å². The smallest absolute Gasteiger partial charge is 0.307 e. The van der Waals surface area contributed by atoms with Gasteiger partial charge in [0.2, 0.25) is 11.8 Å². The molecule has 2 aliphatic rings. The molecule has 2 aromatic rings. The van der Waals surface area contributed by atoms with Gasteiger partial charge in [-0.1, -0.05) is 37.1 Å². The fraction of sp³-hybridized carbons (Fsp3) is 0.429. The second-order valence-corrected chi connectivity index (χ2v) is 7.23. The van der Waals surface area contributed by atoms with E-state index in [4.69, 9.17) is 4.74 Å². The summed E-state index contributed by atoms with van der Waals surface area (Å²) >= 11 is 0. The molecule has 6 heteroatoms. The van der Waals surface area contributed by atoms with Gasteiger partial charge in [-0.2, -0.15) is 0 Å². The van der Waals surface area contributed by atoms with Crippen molar-refractivity contribution in [3.05, 3.63) is 42.1 Å². The molecule has 2 fully saturated rings. The Morgan fingerprint density at radius 1 is 1.04 bits per heavy atom. The average molecular weight is 366 g/mol. The zero-order valence-corrected chi connectivity index (χ0v) is 15.1. The number of esters is 1. The van der Waals surface area contributed by atoms with Crippen LogP contribution in [-0.4, -0.2) is 34.2 Å². The van der Waals surface area contributed by atoms with Gasteiger partial charge in [-0.05, 0) is 25.0 Å². The third-order valence-electron chi connectivity index (χ3n) is 5.51. The molecule has 0 radical (unpaired) electrons. The van der Waals surface area contributed by atoms with E-state index in [1.54, 1.807) is 0 Å². The highest BCUT2D eigenvalue weighted by Gasteiger charge is 2.47. The summed E-state index contributed by atoms with van der Waals surface area (Å²) in [6, 6.07) is 11.5. The highest BCUT2D eigenvalue weighted by molar-refractivity contribution is 6.05. The first-order valence-corrected chi connectivity index (χ1v) is 9.49. The zero-order valence-electron chi connectivity index (χ0n) is 15.1. The zero-order chi connectivity index (χ0) is 18.8. The number of imide groups is 1. The van der Waals surface area contributed by atoms with Crippen molar-refractivity contribution in [1.29, 1.82) is 0 Å². The summed E-state index contributed by atoms with van der Waals surface area (Å²) in [4.78, 5) is 42.6. The number of benzene rings is 1. The molecule has 2 amide bonds. The van der Waals surface area contributed by atoms with E-state index < -0.39 is 5.97 Å². The van der Waals surface area contributed by atoms with Gasteiger partial charge in [-0.25, -0.2) is 4.98 Å². The van der Waals surface area contributed by atoms with Gasteiger partial charge >= 0.3 is 5.97 Å². The predicted octanol–water partition coefficient (Wildman–Crippen LogP) is 2.84. The van der Waals surface area contributed by atoms with Gasteiger partial charge in [0.1, 0.15) is 6.61 Å². The quantitative estimate of drug-likeness (QED) is 0.601. The van der Waals surface area contributed by atoms with Crippen molar-refractivity contribution < 1.29 is 19.1 Å². The van der Waals surface area contributed by atoms with Crippen LogP contribution < -0.4 is 0 Å². The Morgan fingerprint density at radius 2 is 1.74 bits per heavy atom. The molecule has 1 aromatic heterocycles. The van der Waals surface area contributed by atoms with E-state index in [1.807, 2.05) is 36.4 Å². The molecule has 0 bridgehead atoms. The van der Waals surface area contributed by atoms with Crippen LogP contribution in [0.5, 0.6) is 0 Å². The summed E-state index contributed by atoms with van der Waals surface area (Å²) in [7, 11) is 0. The van der Waals surface area contributed by atoms with E-state index in [9.17, 15) is 14.4 Å². The molecule has 1 saturated carbocycles. The second-order valence-electron chi connectivity index (χ2n) is 7.23. The number of ether oxygens (including phenoxy) is 1. The Hall–Kier alpha value is -2.76. The van der Waals surface area contributed by atoms with E-state index in [2.05, 4.69) is 4.98 Å². The molecule has 1 aliphatic heterocycles. The first kappa shape index (κ1) is 17.6. The first-order chi connectivity index (χ1) is 13.1. The van der Waals surface area contributed by atoms with Gasteiger partial charge in [-0.15, -0.1) is 0 Å². The number of pyridine rings is 1. The van der Waals surface area contributed by atoms with Crippen LogP contribution in [0.1, 0.15) is 37.8 Å². The lowest BCUT2D eigenvalue weighted by atomic mass is 9.81. The van der Waals surface area contributed by atoms with Gasteiger partial charge in [0.05, 0.1) is 29.5 Å².